The molecule has 4 nitrogen and oxygen atoms in total. The van der Waals surface area contributed by atoms with E-state index in [9.17, 15) is 0 Å². The van der Waals surface area contributed by atoms with Gasteiger partial charge in [-0.1, -0.05) is 12.1 Å². The number of rotatable bonds is 2. The van der Waals surface area contributed by atoms with Crippen molar-refractivity contribution in [2.75, 3.05) is 13.2 Å². The summed E-state index contributed by atoms with van der Waals surface area (Å²) in [6, 6.07) is 11.6. The normalized spacial score (nSPS) is 9.12. The molecule has 0 aliphatic rings. The molecular weight excluding hydrogens is 204 g/mol. The van der Waals surface area contributed by atoms with Gasteiger partial charge < -0.3 is 10.2 Å². The molecule has 84 valence electrons. The second-order valence-corrected chi connectivity index (χ2v) is 2.88. The summed E-state index contributed by atoms with van der Waals surface area (Å²) >= 11 is 0. The summed E-state index contributed by atoms with van der Waals surface area (Å²) < 4.78 is 0. The minimum atomic E-state index is -0.125. The highest BCUT2D eigenvalue weighted by atomic mass is 16.3. The van der Waals surface area contributed by atoms with Crippen molar-refractivity contribution in [1.29, 1.82) is 0 Å². The van der Waals surface area contributed by atoms with Crippen molar-refractivity contribution in [3.63, 3.8) is 0 Å². The van der Waals surface area contributed by atoms with Gasteiger partial charge in [0.15, 0.2) is 0 Å². The Balaban J connectivity index is 0.000000280. The molecule has 2 heterocycles. The third-order valence-corrected chi connectivity index (χ3v) is 1.69. The number of pyridine rings is 2. The van der Waals surface area contributed by atoms with Crippen LogP contribution in [0.4, 0.5) is 0 Å². The van der Waals surface area contributed by atoms with Gasteiger partial charge in [-0.2, -0.15) is 0 Å². The van der Waals surface area contributed by atoms with Crippen LogP contribution in [0.15, 0.2) is 48.8 Å². The minimum absolute atomic E-state index is 0.125. The molecule has 2 aromatic rings. The van der Waals surface area contributed by atoms with E-state index in [0.29, 0.717) is 0 Å². The third-order valence-electron chi connectivity index (χ3n) is 1.69. The Hall–Kier alpha value is -1.78. The lowest BCUT2D eigenvalue weighted by Gasteiger charge is -1.96. The average molecular weight is 218 g/mol. The molecule has 0 bridgehead atoms. The molecule has 0 fully saturated rings. The molecule has 0 aromatic carbocycles. The smallest absolute Gasteiger partial charge is 0.0886 e. The minimum Gasteiger partial charge on any atom is -0.394 e. The number of hydrogen-bond donors (Lipinski definition) is 2. The van der Waals surface area contributed by atoms with Crippen LogP contribution in [0, 0.1) is 0 Å². The summed E-state index contributed by atoms with van der Waals surface area (Å²) in [4.78, 5) is 8.37. The van der Waals surface area contributed by atoms with Crippen LogP contribution < -0.4 is 0 Å². The molecule has 0 spiro atoms. The van der Waals surface area contributed by atoms with E-state index in [1.54, 1.807) is 12.4 Å². The van der Waals surface area contributed by atoms with Crippen molar-refractivity contribution in [3.8, 4) is 11.4 Å². The highest BCUT2D eigenvalue weighted by molar-refractivity contribution is 5.52. The van der Waals surface area contributed by atoms with Gasteiger partial charge in [-0.15, -0.1) is 0 Å². The standard InChI is InChI=1S/C10H8N2.C2H6O2/c1-3-7-11-9(5-1)10-6-2-4-8-12-10;3-1-2-4/h1-8H;3-4H,1-2H2. The molecule has 0 aliphatic heterocycles. The Morgan fingerprint density at radius 2 is 1.19 bits per heavy atom. The first-order valence-electron chi connectivity index (χ1n) is 4.92. The monoisotopic (exact) mass is 218 g/mol. The van der Waals surface area contributed by atoms with Crippen LogP contribution in [0.1, 0.15) is 0 Å². The summed E-state index contributed by atoms with van der Waals surface area (Å²) in [5, 5.41) is 15.2. The van der Waals surface area contributed by atoms with E-state index in [1.165, 1.54) is 0 Å². The predicted molar refractivity (Wildman–Crippen MR) is 61.6 cm³/mol. The Morgan fingerprint density at radius 3 is 1.44 bits per heavy atom. The van der Waals surface area contributed by atoms with Crippen molar-refractivity contribution < 1.29 is 10.2 Å². The van der Waals surface area contributed by atoms with Gasteiger partial charge in [-0.25, -0.2) is 0 Å². The summed E-state index contributed by atoms with van der Waals surface area (Å²) in [5.41, 5.74) is 1.83. The molecule has 0 atom stereocenters. The molecule has 16 heavy (non-hydrogen) atoms. The van der Waals surface area contributed by atoms with Gasteiger partial charge in [0, 0.05) is 12.4 Å². The maximum atomic E-state index is 7.62. The maximum absolute atomic E-state index is 7.62. The molecule has 2 aromatic heterocycles. The first kappa shape index (κ1) is 12.3. The van der Waals surface area contributed by atoms with E-state index in [4.69, 9.17) is 10.2 Å². The first-order chi connectivity index (χ1) is 7.88. The van der Waals surface area contributed by atoms with Crippen molar-refractivity contribution in [2.24, 2.45) is 0 Å². The Bertz CT molecular complexity index is 339. The summed E-state index contributed by atoms with van der Waals surface area (Å²) in [6.45, 7) is -0.250. The SMILES string of the molecule is OCCO.c1ccc(-c2ccccn2)nc1. The maximum Gasteiger partial charge on any atom is 0.0886 e. The number of nitrogens with zero attached hydrogens (tertiary/aromatic N) is 2. The zero-order valence-corrected chi connectivity index (χ0v) is 8.82. The zero-order chi connectivity index (χ0) is 11.6. The van der Waals surface area contributed by atoms with E-state index in [0.717, 1.165) is 11.4 Å². The molecular formula is C12H14N2O2. The van der Waals surface area contributed by atoms with Gasteiger partial charge in [-0.05, 0) is 24.3 Å². The van der Waals surface area contributed by atoms with E-state index >= 15 is 0 Å². The number of aliphatic hydroxyl groups excluding tert-OH is 2. The van der Waals surface area contributed by atoms with Gasteiger partial charge in [0.1, 0.15) is 0 Å². The lowest BCUT2D eigenvalue weighted by atomic mass is 10.2. The molecule has 0 amide bonds. The second kappa shape index (κ2) is 7.50. The fourth-order valence-corrected chi connectivity index (χ4v) is 1.03. The zero-order valence-electron chi connectivity index (χ0n) is 8.82. The molecule has 0 saturated heterocycles. The van der Waals surface area contributed by atoms with Crippen LogP contribution in [0.25, 0.3) is 11.4 Å². The van der Waals surface area contributed by atoms with Gasteiger partial charge >= 0.3 is 0 Å². The molecule has 0 saturated carbocycles. The first-order valence-corrected chi connectivity index (χ1v) is 4.92. The van der Waals surface area contributed by atoms with Crippen molar-refractivity contribution in [3.05, 3.63) is 48.8 Å². The molecule has 0 radical (unpaired) electrons. The number of hydrogen-bond acceptors (Lipinski definition) is 4. The van der Waals surface area contributed by atoms with E-state index in [2.05, 4.69) is 9.97 Å². The van der Waals surface area contributed by atoms with Gasteiger partial charge in [0.25, 0.3) is 0 Å². The number of aliphatic hydroxyl groups is 2. The van der Waals surface area contributed by atoms with E-state index in [-0.39, 0.29) is 13.2 Å². The van der Waals surface area contributed by atoms with E-state index in [1.807, 2.05) is 36.4 Å². The Kier molecular flexibility index (Phi) is 5.76. The fourth-order valence-electron chi connectivity index (χ4n) is 1.03. The van der Waals surface area contributed by atoms with Crippen molar-refractivity contribution in [1.82, 2.24) is 9.97 Å². The molecule has 0 aliphatic carbocycles. The summed E-state index contributed by atoms with van der Waals surface area (Å²) in [7, 11) is 0. The van der Waals surface area contributed by atoms with E-state index < -0.39 is 0 Å². The average Bonchev–Trinajstić information content (AvgIpc) is 2.41. The number of aromatic nitrogens is 2. The Labute approximate surface area is 94.3 Å². The van der Waals surface area contributed by atoms with Crippen LogP contribution in [-0.4, -0.2) is 33.4 Å². The highest BCUT2D eigenvalue weighted by Crippen LogP contribution is 2.10. The predicted octanol–water partition coefficient (Wildman–Crippen LogP) is 1.11. The van der Waals surface area contributed by atoms with Gasteiger partial charge in [0.2, 0.25) is 0 Å². The highest BCUT2D eigenvalue weighted by Gasteiger charge is 1.95. The van der Waals surface area contributed by atoms with Crippen LogP contribution in [0.2, 0.25) is 0 Å². The van der Waals surface area contributed by atoms with Crippen LogP contribution in [-0.2, 0) is 0 Å². The molecule has 4 heteroatoms. The molecule has 2 N–H and O–H groups in total. The van der Waals surface area contributed by atoms with Crippen LogP contribution >= 0.6 is 0 Å². The van der Waals surface area contributed by atoms with Crippen molar-refractivity contribution in [2.45, 2.75) is 0 Å². The topological polar surface area (TPSA) is 66.2 Å². The quantitative estimate of drug-likeness (QED) is 0.792. The molecule has 0 unspecified atom stereocenters. The van der Waals surface area contributed by atoms with Crippen LogP contribution in [0.3, 0.4) is 0 Å². The second-order valence-electron chi connectivity index (χ2n) is 2.88. The molecule has 2 rings (SSSR count). The van der Waals surface area contributed by atoms with Crippen molar-refractivity contribution >= 4 is 0 Å². The van der Waals surface area contributed by atoms with Gasteiger partial charge in [0.05, 0.1) is 24.6 Å². The largest absolute Gasteiger partial charge is 0.394 e. The Morgan fingerprint density at radius 1 is 0.750 bits per heavy atom. The lowest BCUT2D eigenvalue weighted by Crippen LogP contribution is -1.85. The van der Waals surface area contributed by atoms with Gasteiger partial charge in [-0.3, -0.25) is 9.97 Å². The lowest BCUT2D eigenvalue weighted by molar-refractivity contribution is 0.186. The third kappa shape index (κ3) is 4.16. The summed E-state index contributed by atoms with van der Waals surface area (Å²) in [6.07, 6.45) is 3.54. The van der Waals surface area contributed by atoms with Crippen LogP contribution in [0.5, 0.6) is 0 Å². The fraction of sp³-hybridized carbons (Fsp3) is 0.167. The summed E-state index contributed by atoms with van der Waals surface area (Å²) in [5.74, 6) is 0.